The average Bonchev–Trinajstić information content (AvgIpc) is 2.60. The second-order valence-corrected chi connectivity index (χ2v) is 5.78. The summed E-state index contributed by atoms with van der Waals surface area (Å²) >= 11 is 0. The number of fused-ring (bicyclic) bond motifs is 1. The zero-order valence-electron chi connectivity index (χ0n) is 14.3. The lowest BCUT2D eigenvalue weighted by molar-refractivity contribution is -0.385. The van der Waals surface area contributed by atoms with Crippen molar-refractivity contribution in [3.05, 3.63) is 79.7 Å². The minimum absolute atomic E-state index is 0.000335. The molecule has 1 heterocycles. The zero-order valence-corrected chi connectivity index (χ0v) is 14.3. The molecule has 27 heavy (non-hydrogen) atoms. The summed E-state index contributed by atoms with van der Waals surface area (Å²) in [4.78, 5) is 46.7. The maximum absolute atomic E-state index is 12.5. The van der Waals surface area contributed by atoms with Gasteiger partial charge in [0.2, 0.25) is 0 Å². The topological polar surface area (TPSA) is 117 Å². The number of hydrogen-bond donors (Lipinski definition) is 0. The first kappa shape index (κ1) is 18.0. The van der Waals surface area contributed by atoms with Gasteiger partial charge < -0.3 is 9.15 Å². The SMILES string of the molecule is CC(=O)c1c(OC(=O)c2ccccc2[N+](=O)[O-])ccc2c(C)cc(=O)oc12. The first-order valence-electron chi connectivity index (χ1n) is 7.83. The molecule has 0 aliphatic carbocycles. The second kappa shape index (κ2) is 6.83. The predicted molar refractivity (Wildman–Crippen MR) is 95.3 cm³/mol. The van der Waals surface area contributed by atoms with E-state index in [0.717, 1.165) is 0 Å². The molecule has 0 spiro atoms. The number of benzene rings is 2. The highest BCUT2D eigenvalue weighted by atomic mass is 16.6. The van der Waals surface area contributed by atoms with Crippen LogP contribution in [0.15, 0.2) is 51.7 Å². The minimum Gasteiger partial charge on any atom is -0.422 e. The van der Waals surface area contributed by atoms with Crippen molar-refractivity contribution in [3.8, 4) is 5.75 Å². The minimum atomic E-state index is -1.00. The molecule has 8 heteroatoms. The highest BCUT2D eigenvalue weighted by Crippen LogP contribution is 2.30. The molecule has 136 valence electrons. The van der Waals surface area contributed by atoms with E-state index in [0.29, 0.717) is 10.9 Å². The Kier molecular flexibility index (Phi) is 4.55. The maximum atomic E-state index is 12.5. The van der Waals surface area contributed by atoms with Crippen LogP contribution in [-0.4, -0.2) is 16.7 Å². The molecule has 0 aliphatic rings. The number of nitro benzene ring substituents is 1. The lowest BCUT2D eigenvalue weighted by atomic mass is 10.0. The Hall–Kier alpha value is -3.81. The Bertz CT molecular complexity index is 1160. The van der Waals surface area contributed by atoms with Crippen molar-refractivity contribution < 1.29 is 23.7 Å². The summed E-state index contributed by atoms with van der Waals surface area (Å²) in [5.41, 5.74) is -0.816. The molecule has 8 nitrogen and oxygen atoms in total. The van der Waals surface area contributed by atoms with Crippen molar-refractivity contribution in [2.45, 2.75) is 13.8 Å². The summed E-state index contributed by atoms with van der Waals surface area (Å²) in [6.45, 7) is 2.92. The van der Waals surface area contributed by atoms with Crippen LogP contribution in [0.25, 0.3) is 11.0 Å². The molecular formula is C19H13NO7. The number of carbonyl (C=O) groups is 2. The number of ether oxygens (including phenoxy) is 1. The van der Waals surface area contributed by atoms with E-state index in [9.17, 15) is 24.5 Å². The number of esters is 1. The zero-order chi connectivity index (χ0) is 19.7. The number of hydrogen-bond acceptors (Lipinski definition) is 7. The summed E-state index contributed by atoms with van der Waals surface area (Å²) in [6, 6.07) is 9.51. The first-order valence-corrected chi connectivity index (χ1v) is 7.83. The van der Waals surface area contributed by atoms with Crippen LogP contribution < -0.4 is 10.4 Å². The van der Waals surface area contributed by atoms with E-state index in [4.69, 9.17) is 9.15 Å². The van der Waals surface area contributed by atoms with Crippen LogP contribution in [0.1, 0.15) is 33.2 Å². The largest absolute Gasteiger partial charge is 0.422 e. The quantitative estimate of drug-likeness (QED) is 0.173. The van der Waals surface area contributed by atoms with E-state index in [1.165, 1.54) is 43.3 Å². The molecule has 0 atom stereocenters. The molecule has 0 aliphatic heterocycles. The molecule has 0 amide bonds. The van der Waals surface area contributed by atoms with Gasteiger partial charge in [0.25, 0.3) is 5.69 Å². The standard InChI is InChI=1S/C19H13NO7/c1-10-9-16(22)27-18-12(10)7-8-15(17(18)11(2)21)26-19(23)13-5-3-4-6-14(13)20(24)25/h3-9H,1-2H3. The molecule has 3 aromatic rings. The molecule has 3 rings (SSSR count). The van der Waals surface area contributed by atoms with E-state index in [-0.39, 0.29) is 22.5 Å². The molecular weight excluding hydrogens is 354 g/mol. The fraction of sp³-hybridized carbons (Fsp3) is 0.105. The number of carbonyl (C=O) groups excluding carboxylic acids is 2. The van der Waals surface area contributed by atoms with Crippen molar-refractivity contribution >= 4 is 28.4 Å². The second-order valence-electron chi connectivity index (χ2n) is 5.78. The Balaban J connectivity index is 2.14. The fourth-order valence-electron chi connectivity index (χ4n) is 2.74. The summed E-state index contributed by atoms with van der Waals surface area (Å²) in [7, 11) is 0. The highest BCUT2D eigenvalue weighted by molar-refractivity contribution is 6.08. The van der Waals surface area contributed by atoms with Gasteiger partial charge in [-0.2, -0.15) is 0 Å². The first-order chi connectivity index (χ1) is 12.8. The van der Waals surface area contributed by atoms with Gasteiger partial charge in [0.15, 0.2) is 11.4 Å². The van der Waals surface area contributed by atoms with Gasteiger partial charge in [-0.25, -0.2) is 9.59 Å². The normalized spacial score (nSPS) is 10.6. The molecule has 0 radical (unpaired) electrons. The third-order valence-corrected chi connectivity index (χ3v) is 3.96. The number of para-hydroxylation sites is 1. The summed E-state index contributed by atoms with van der Waals surface area (Å²) in [5.74, 6) is -1.63. The van der Waals surface area contributed by atoms with E-state index >= 15 is 0 Å². The van der Waals surface area contributed by atoms with Gasteiger partial charge in [-0.05, 0) is 37.6 Å². The third-order valence-electron chi connectivity index (χ3n) is 3.96. The van der Waals surface area contributed by atoms with Crippen LogP contribution in [0.3, 0.4) is 0 Å². The Morgan fingerprint density at radius 1 is 1.15 bits per heavy atom. The molecule has 0 unspecified atom stereocenters. The smallest absolute Gasteiger partial charge is 0.350 e. The number of nitrogens with zero attached hydrogens (tertiary/aromatic N) is 1. The van der Waals surface area contributed by atoms with Gasteiger partial charge in [-0.15, -0.1) is 0 Å². The molecule has 2 aromatic carbocycles. The van der Waals surface area contributed by atoms with Gasteiger partial charge in [-0.1, -0.05) is 12.1 Å². The predicted octanol–water partition coefficient (Wildman–Crippen LogP) is 3.43. The third kappa shape index (κ3) is 3.32. The van der Waals surface area contributed by atoms with Gasteiger partial charge >= 0.3 is 11.6 Å². The Labute approximate surface area is 152 Å². The van der Waals surface area contributed by atoms with Gasteiger partial charge in [0, 0.05) is 17.5 Å². The highest BCUT2D eigenvalue weighted by Gasteiger charge is 2.24. The molecule has 0 saturated heterocycles. The fourth-order valence-corrected chi connectivity index (χ4v) is 2.74. The summed E-state index contributed by atoms with van der Waals surface area (Å²) in [6.07, 6.45) is 0. The Morgan fingerprint density at radius 3 is 2.52 bits per heavy atom. The summed E-state index contributed by atoms with van der Waals surface area (Å²) in [5, 5.41) is 11.6. The average molecular weight is 367 g/mol. The number of aryl methyl sites for hydroxylation is 1. The van der Waals surface area contributed by atoms with Gasteiger partial charge in [-0.3, -0.25) is 14.9 Å². The van der Waals surface area contributed by atoms with Gasteiger partial charge in [0.05, 0.1) is 4.92 Å². The number of ketones is 1. The van der Waals surface area contributed by atoms with Crippen LogP contribution in [0.2, 0.25) is 0 Å². The van der Waals surface area contributed by atoms with Crippen molar-refractivity contribution in [2.75, 3.05) is 0 Å². The number of rotatable bonds is 4. The van der Waals surface area contributed by atoms with Crippen molar-refractivity contribution in [3.63, 3.8) is 0 Å². The molecule has 0 fully saturated rings. The molecule has 1 aromatic heterocycles. The van der Waals surface area contributed by atoms with Crippen LogP contribution in [0.4, 0.5) is 5.69 Å². The maximum Gasteiger partial charge on any atom is 0.350 e. The van der Waals surface area contributed by atoms with Gasteiger partial charge in [0.1, 0.15) is 16.9 Å². The van der Waals surface area contributed by atoms with Crippen molar-refractivity contribution in [1.82, 2.24) is 0 Å². The monoisotopic (exact) mass is 367 g/mol. The van der Waals surface area contributed by atoms with E-state index < -0.39 is 28.0 Å². The summed E-state index contributed by atoms with van der Waals surface area (Å²) < 4.78 is 10.4. The molecule has 0 saturated carbocycles. The van der Waals surface area contributed by atoms with E-state index in [1.54, 1.807) is 13.0 Å². The van der Waals surface area contributed by atoms with Crippen molar-refractivity contribution in [2.24, 2.45) is 0 Å². The van der Waals surface area contributed by atoms with Crippen LogP contribution in [0.5, 0.6) is 5.75 Å². The molecule has 0 bridgehead atoms. The number of nitro groups is 1. The molecule has 0 N–H and O–H groups in total. The lowest BCUT2D eigenvalue weighted by Gasteiger charge is -2.11. The van der Waals surface area contributed by atoms with Crippen LogP contribution in [0, 0.1) is 17.0 Å². The van der Waals surface area contributed by atoms with E-state index in [2.05, 4.69) is 0 Å². The van der Waals surface area contributed by atoms with Crippen molar-refractivity contribution in [1.29, 1.82) is 0 Å². The van der Waals surface area contributed by atoms with E-state index in [1.807, 2.05) is 0 Å². The number of Topliss-reactive ketones (excluding diaryl/α,β-unsaturated/α-hetero) is 1. The van der Waals surface area contributed by atoms with Crippen LogP contribution >= 0.6 is 0 Å². The van der Waals surface area contributed by atoms with Crippen LogP contribution in [-0.2, 0) is 0 Å². The lowest BCUT2D eigenvalue weighted by Crippen LogP contribution is -2.13. The Morgan fingerprint density at radius 2 is 1.85 bits per heavy atom.